The lowest BCUT2D eigenvalue weighted by Crippen LogP contribution is -2.43. The minimum absolute atomic E-state index is 0.00305. The molecule has 0 saturated heterocycles. The quantitative estimate of drug-likeness (QED) is 0.748. The van der Waals surface area contributed by atoms with Gasteiger partial charge in [0.2, 0.25) is 5.91 Å². The van der Waals surface area contributed by atoms with Gasteiger partial charge in [0, 0.05) is 6.04 Å². The van der Waals surface area contributed by atoms with Crippen LogP contribution in [0.3, 0.4) is 0 Å². The van der Waals surface area contributed by atoms with Crippen molar-refractivity contribution in [2.75, 3.05) is 10.8 Å². The number of rotatable bonds is 8. The molecule has 146 valence electrons. The Kier molecular flexibility index (Phi) is 7.02. The number of anilines is 1. The summed E-state index contributed by atoms with van der Waals surface area (Å²) in [6.45, 7) is 7.45. The van der Waals surface area contributed by atoms with Gasteiger partial charge in [0.25, 0.3) is 10.0 Å². The fourth-order valence-electron chi connectivity index (χ4n) is 2.94. The molecule has 1 atom stereocenters. The zero-order valence-electron chi connectivity index (χ0n) is 16.4. The largest absolute Gasteiger partial charge is 0.352 e. The van der Waals surface area contributed by atoms with Crippen LogP contribution in [-0.2, 0) is 14.8 Å². The van der Waals surface area contributed by atoms with Crippen LogP contribution in [0.2, 0.25) is 0 Å². The Morgan fingerprint density at radius 2 is 1.70 bits per heavy atom. The van der Waals surface area contributed by atoms with E-state index in [0.29, 0.717) is 5.69 Å². The van der Waals surface area contributed by atoms with Gasteiger partial charge >= 0.3 is 0 Å². The molecule has 0 fully saturated rings. The number of carbonyl (C=O) groups is 1. The van der Waals surface area contributed by atoms with Crippen molar-refractivity contribution in [1.82, 2.24) is 5.32 Å². The van der Waals surface area contributed by atoms with Crippen molar-refractivity contribution < 1.29 is 13.2 Å². The topological polar surface area (TPSA) is 66.5 Å². The molecule has 0 aromatic heterocycles. The fraction of sp³-hybridized carbons (Fsp3) is 0.381. The molecule has 1 N–H and O–H groups in total. The Morgan fingerprint density at radius 3 is 2.30 bits per heavy atom. The number of hydrogen-bond acceptors (Lipinski definition) is 3. The summed E-state index contributed by atoms with van der Waals surface area (Å²) in [5.41, 5.74) is 2.28. The van der Waals surface area contributed by atoms with Crippen LogP contribution in [-0.4, -0.2) is 26.9 Å². The summed E-state index contributed by atoms with van der Waals surface area (Å²) < 4.78 is 27.8. The third-order valence-corrected chi connectivity index (χ3v) is 6.18. The fourth-order valence-corrected chi connectivity index (χ4v) is 4.42. The van der Waals surface area contributed by atoms with E-state index in [4.69, 9.17) is 0 Å². The third kappa shape index (κ3) is 5.32. The first-order valence-corrected chi connectivity index (χ1v) is 10.6. The highest BCUT2D eigenvalue weighted by molar-refractivity contribution is 7.92. The molecule has 27 heavy (non-hydrogen) atoms. The monoisotopic (exact) mass is 388 g/mol. The number of carbonyl (C=O) groups excluding carboxylic acids is 1. The molecule has 0 unspecified atom stereocenters. The molecule has 0 aliphatic heterocycles. The normalized spacial score (nSPS) is 12.4. The molecule has 5 nitrogen and oxygen atoms in total. The predicted molar refractivity (Wildman–Crippen MR) is 109 cm³/mol. The predicted octanol–water partition coefficient (Wildman–Crippen LogP) is 3.80. The van der Waals surface area contributed by atoms with Crippen molar-refractivity contribution >= 4 is 21.6 Å². The number of para-hydroxylation sites is 1. The van der Waals surface area contributed by atoms with Crippen molar-refractivity contribution in [2.45, 2.75) is 51.5 Å². The average Bonchev–Trinajstić information content (AvgIpc) is 2.61. The molecule has 0 heterocycles. The van der Waals surface area contributed by atoms with E-state index in [-0.39, 0.29) is 23.4 Å². The van der Waals surface area contributed by atoms with E-state index in [1.807, 2.05) is 39.8 Å². The van der Waals surface area contributed by atoms with E-state index < -0.39 is 10.0 Å². The van der Waals surface area contributed by atoms with Crippen LogP contribution in [0, 0.1) is 13.8 Å². The van der Waals surface area contributed by atoms with Crippen LogP contribution in [0.15, 0.2) is 53.4 Å². The van der Waals surface area contributed by atoms with Crippen molar-refractivity contribution in [3.8, 4) is 0 Å². The molecule has 0 saturated carbocycles. The van der Waals surface area contributed by atoms with Crippen molar-refractivity contribution in [1.29, 1.82) is 0 Å². The lowest BCUT2D eigenvalue weighted by Gasteiger charge is -2.26. The van der Waals surface area contributed by atoms with Crippen LogP contribution >= 0.6 is 0 Å². The van der Waals surface area contributed by atoms with Gasteiger partial charge in [-0.25, -0.2) is 8.42 Å². The van der Waals surface area contributed by atoms with Crippen molar-refractivity contribution in [3.63, 3.8) is 0 Å². The van der Waals surface area contributed by atoms with Crippen molar-refractivity contribution in [2.24, 2.45) is 0 Å². The van der Waals surface area contributed by atoms with Crippen LogP contribution in [0.25, 0.3) is 0 Å². The molecule has 0 aliphatic carbocycles. The van der Waals surface area contributed by atoms with E-state index in [2.05, 4.69) is 5.32 Å². The average molecular weight is 389 g/mol. The SMILES string of the molecule is CCC[C@H](C)NC(=O)CN(c1ccccc1C)S(=O)(=O)c1ccc(C)cc1. The highest BCUT2D eigenvalue weighted by Gasteiger charge is 2.28. The second kappa shape index (κ2) is 9.04. The summed E-state index contributed by atoms with van der Waals surface area (Å²) in [6.07, 6.45) is 1.80. The third-order valence-electron chi connectivity index (χ3n) is 4.41. The van der Waals surface area contributed by atoms with Crippen LogP contribution in [0.4, 0.5) is 5.69 Å². The second-order valence-electron chi connectivity index (χ2n) is 6.87. The molecule has 1 amide bonds. The summed E-state index contributed by atoms with van der Waals surface area (Å²) in [5.74, 6) is -0.310. The highest BCUT2D eigenvalue weighted by atomic mass is 32.2. The van der Waals surface area contributed by atoms with Crippen LogP contribution in [0.1, 0.15) is 37.8 Å². The van der Waals surface area contributed by atoms with Gasteiger partial charge in [-0.15, -0.1) is 0 Å². The number of amides is 1. The van der Waals surface area contributed by atoms with E-state index in [0.717, 1.165) is 24.0 Å². The van der Waals surface area contributed by atoms with Crippen LogP contribution in [0.5, 0.6) is 0 Å². The molecule has 6 heteroatoms. The second-order valence-corrected chi connectivity index (χ2v) is 8.73. The number of benzene rings is 2. The van der Waals surface area contributed by atoms with Gasteiger partial charge in [-0.2, -0.15) is 0 Å². The molecule has 2 aromatic carbocycles. The first-order chi connectivity index (χ1) is 12.8. The molecular weight excluding hydrogens is 360 g/mol. The lowest BCUT2D eigenvalue weighted by molar-refractivity contribution is -0.120. The van der Waals surface area contributed by atoms with Crippen molar-refractivity contribution in [3.05, 3.63) is 59.7 Å². The zero-order chi connectivity index (χ0) is 20.0. The molecule has 0 aliphatic rings. The summed E-state index contributed by atoms with van der Waals surface area (Å²) in [7, 11) is -3.86. The Labute approximate surface area is 162 Å². The van der Waals surface area contributed by atoms with E-state index in [1.54, 1.807) is 36.4 Å². The zero-order valence-corrected chi connectivity index (χ0v) is 17.2. The molecule has 2 aromatic rings. The van der Waals surface area contributed by atoms with Gasteiger partial charge in [-0.1, -0.05) is 49.2 Å². The van der Waals surface area contributed by atoms with Gasteiger partial charge in [-0.3, -0.25) is 9.10 Å². The van der Waals surface area contributed by atoms with Gasteiger partial charge in [-0.05, 0) is 51.0 Å². The molecule has 0 spiro atoms. The molecule has 0 bridgehead atoms. The first-order valence-electron chi connectivity index (χ1n) is 9.20. The van der Waals surface area contributed by atoms with Gasteiger partial charge in [0.05, 0.1) is 10.6 Å². The summed E-state index contributed by atoms with van der Waals surface area (Å²) in [4.78, 5) is 12.7. The minimum Gasteiger partial charge on any atom is -0.352 e. The Bertz CT molecular complexity index is 877. The molecule has 0 radical (unpaired) electrons. The highest BCUT2D eigenvalue weighted by Crippen LogP contribution is 2.26. The summed E-state index contributed by atoms with van der Waals surface area (Å²) >= 11 is 0. The minimum atomic E-state index is -3.86. The number of nitrogens with zero attached hydrogens (tertiary/aromatic N) is 1. The maximum atomic E-state index is 13.3. The van der Waals surface area contributed by atoms with Gasteiger partial charge in [0.1, 0.15) is 6.54 Å². The Balaban J connectivity index is 2.40. The maximum absolute atomic E-state index is 13.3. The number of hydrogen-bond donors (Lipinski definition) is 1. The summed E-state index contributed by atoms with van der Waals surface area (Å²) in [6, 6.07) is 13.9. The van der Waals surface area contributed by atoms with E-state index in [9.17, 15) is 13.2 Å². The smallest absolute Gasteiger partial charge is 0.264 e. The maximum Gasteiger partial charge on any atom is 0.264 e. The Hall–Kier alpha value is -2.34. The van der Waals surface area contributed by atoms with E-state index in [1.165, 1.54) is 4.31 Å². The Morgan fingerprint density at radius 1 is 1.07 bits per heavy atom. The summed E-state index contributed by atoms with van der Waals surface area (Å²) in [5, 5.41) is 2.89. The first kappa shape index (κ1) is 21.0. The van der Waals surface area contributed by atoms with Gasteiger partial charge < -0.3 is 5.32 Å². The van der Waals surface area contributed by atoms with E-state index >= 15 is 0 Å². The van der Waals surface area contributed by atoms with Gasteiger partial charge in [0.15, 0.2) is 0 Å². The lowest BCUT2D eigenvalue weighted by atomic mass is 10.2. The number of nitrogens with one attached hydrogen (secondary N) is 1. The molecular formula is C21H28N2O3S. The standard InChI is InChI=1S/C21H28N2O3S/c1-5-8-18(4)22-21(24)15-23(20-10-7-6-9-17(20)3)27(25,26)19-13-11-16(2)12-14-19/h6-7,9-14,18H,5,8,15H2,1-4H3,(H,22,24)/t18-/m0/s1. The number of aryl methyl sites for hydroxylation is 2. The number of sulfonamides is 1. The van der Waals surface area contributed by atoms with Crippen LogP contribution < -0.4 is 9.62 Å². The molecule has 2 rings (SSSR count).